The summed E-state index contributed by atoms with van der Waals surface area (Å²) in [5.74, 6) is 1.14. The van der Waals surface area contributed by atoms with Gasteiger partial charge in [0.15, 0.2) is 0 Å². The molecule has 0 unspecified atom stereocenters. The highest BCUT2D eigenvalue weighted by Crippen LogP contribution is 2.22. The zero-order valence-corrected chi connectivity index (χ0v) is 12.8. The van der Waals surface area contributed by atoms with Gasteiger partial charge in [0.25, 0.3) is 5.69 Å². The number of pyridine rings is 1. The first-order valence-electron chi connectivity index (χ1n) is 7.13. The molecule has 1 heterocycles. The van der Waals surface area contributed by atoms with Gasteiger partial charge in [-0.05, 0) is 12.3 Å². The third-order valence-corrected chi connectivity index (χ3v) is 2.48. The molecule has 7 nitrogen and oxygen atoms in total. The van der Waals surface area contributed by atoms with Crippen molar-refractivity contribution in [2.75, 3.05) is 31.7 Å². The Balaban J connectivity index is 2.58. The monoisotopic (exact) mass is 297 g/mol. The Morgan fingerprint density at radius 1 is 1.38 bits per heavy atom. The summed E-state index contributed by atoms with van der Waals surface area (Å²) in [5, 5.41) is 13.9. The van der Waals surface area contributed by atoms with Crippen molar-refractivity contribution in [3.63, 3.8) is 0 Å². The maximum absolute atomic E-state index is 10.9. The molecule has 0 atom stereocenters. The molecule has 0 bridgehead atoms. The molecule has 0 saturated heterocycles. The van der Waals surface area contributed by atoms with E-state index >= 15 is 0 Å². The van der Waals surface area contributed by atoms with Crippen LogP contribution in [0.5, 0.6) is 5.88 Å². The standard InChI is InChI=1S/C14H23N3O4/c1-4-5-15-13-8-12(17(18)19)9-14(16-13)21-7-6-20-10-11(2)3/h8-9,11H,4-7,10H2,1-3H3,(H,15,16). The quantitative estimate of drug-likeness (QED) is 0.406. The lowest BCUT2D eigenvalue weighted by molar-refractivity contribution is -0.384. The molecule has 1 rings (SSSR count). The first kappa shape index (κ1) is 17.2. The van der Waals surface area contributed by atoms with Gasteiger partial charge in [-0.15, -0.1) is 0 Å². The van der Waals surface area contributed by atoms with Crippen molar-refractivity contribution >= 4 is 11.5 Å². The number of anilines is 1. The molecule has 0 aliphatic carbocycles. The Morgan fingerprint density at radius 2 is 2.14 bits per heavy atom. The lowest BCUT2D eigenvalue weighted by Crippen LogP contribution is -2.11. The fraction of sp³-hybridized carbons (Fsp3) is 0.643. The van der Waals surface area contributed by atoms with Crippen LogP contribution in [0.2, 0.25) is 0 Å². The fourth-order valence-corrected chi connectivity index (χ4v) is 1.54. The molecule has 1 aromatic rings. The molecule has 0 saturated carbocycles. The van der Waals surface area contributed by atoms with Crippen LogP contribution in [0.15, 0.2) is 12.1 Å². The van der Waals surface area contributed by atoms with Crippen molar-refractivity contribution in [3.05, 3.63) is 22.2 Å². The maximum atomic E-state index is 10.9. The van der Waals surface area contributed by atoms with Gasteiger partial charge in [0.2, 0.25) is 5.88 Å². The molecule has 7 heteroatoms. The molecule has 21 heavy (non-hydrogen) atoms. The Kier molecular flexibility index (Phi) is 7.45. The lowest BCUT2D eigenvalue weighted by atomic mass is 10.2. The summed E-state index contributed by atoms with van der Waals surface area (Å²) in [6.07, 6.45) is 0.906. The van der Waals surface area contributed by atoms with Crippen molar-refractivity contribution in [3.8, 4) is 5.88 Å². The smallest absolute Gasteiger partial charge is 0.278 e. The van der Waals surface area contributed by atoms with Crippen molar-refractivity contribution in [2.24, 2.45) is 5.92 Å². The van der Waals surface area contributed by atoms with E-state index in [0.717, 1.165) is 6.42 Å². The molecule has 1 aromatic heterocycles. The van der Waals surface area contributed by atoms with Gasteiger partial charge >= 0.3 is 0 Å². The molecule has 0 fully saturated rings. The van der Waals surface area contributed by atoms with Gasteiger partial charge in [0.1, 0.15) is 12.4 Å². The number of aromatic nitrogens is 1. The van der Waals surface area contributed by atoms with Crippen LogP contribution < -0.4 is 10.1 Å². The number of nitrogens with one attached hydrogen (secondary N) is 1. The number of rotatable bonds is 10. The van der Waals surface area contributed by atoms with Crippen LogP contribution in [0, 0.1) is 16.0 Å². The summed E-state index contributed by atoms with van der Waals surface area (Å²) >= 11 is 0. The first-order chi connectivity index (χ1) is 10.0. The average molecular weight is 297 g/mol. The van der Waals surface area contributed by atoms with E-state index in [4.69, 9.17) is 9.47 Å². The molecule has 0 spiro atoms. The first-order valence-corrected chi connectivity index (χ1v) is 7.13. The maximum Gasteiger partial charge on any atom is 0.278 e. The number of nitro groups is 1. The van der Waals surface area contributed by atoms with Gasteiger partial charge in [-0.3, -0.25) is 10.1 Å². The fourth-order valence-electron chi connectivity index (χ4n) is 1.54. The van der Waals surface area contributed by atoms with E-state index in [1.165, 1.54) is 12.1 Å². The summed E-state index contributed by atoms with van der Waals surface area (Å²) in [4.78, 5) is 14.6. The van der Waals surface area contributed by atoms with E-state index in [9.17, 15) is 10.1 Å². The molecular formula is C14H23N3O4. The highest BCUT2D eigenvalue weighted by molar-refractivity contribution is 5.48. The summed E-state index contributed by atoms with van der Waals surface area (Å²) in [7, 11) is 0. The van der Waals surface area contributed by atoms with Crippen LogP contribution in [0.25, 0.3) is 0 Å². The second-order valence-electron chi connectivity index (χ2n) is 5.05. The van der Waals surface area contributed by atoms with Crippen molar-refractivity contribution in [2.45, 2.75) is 27.2 Å². The van der Waals surface area contributed by atoms with E-state index in [0.29, 0.717) is 38.1 Å². The van der Waals surface area contributed by atoms with E-state index in [1.807, 2.05) is 6.92 Å². The van der Waals surface area contributed by atoms with Gasteiger partial charge in [-0.25, -0.2) is 0 Å². The topological polar surface area (TPSA) is 86.5 Å². The van der Waals surface area contributed by atoms with Gasteiger partial charge < -0.3 is 14.8 Å². The van der Waals surface area contributed by atoms with Crippen LogP contribution in [0.4, 0.5) is 11.5 Å². The zero-order chi connectivity index (χ0) is 15.7. The van der Waals surface area contributed by atoms with Gasteiger partial charge in [0.05, 0.1) is 23.7 Å². The number of hydrogen-bond acceptors (Lipinski definition) is 6. The van der Waals surface area contributed by atoms with Crippen LogP contribution in [0.1, 0.15) is 27.2 Å². The predicted octanol–water partition coefficient (Wildman–Crippen LogP) is 2.86. The minimum Gasteiger partial charge on any atom is -0.475 e. The highest BCUT2D eigenvalue weighted by Gasteiger charge is 2.12. The minimum absolute atomic E-state index is 0.0401. The largest absolute Gasteiger partial charge is 0.475 e. The van der Waals surface area contributed by atoms with E-state index < -0.39 is 4.92 Å². The van der Waals surface area contributed by atoms with E-state index in [-0.39, 0.29) is 11.6 Å². The van der Waals surface area contributed by atoms with E-state index in [1.54, 1.807) is 0 Å². The normalized spacial score (nSPS) is 10.7. The average Bonchev–Trinajstić information content (AvgIpc) is 2.44. The van der Waals surface area contributed by atoms with Gasteiger partial charge in [-0.1, -0.05) is 20.8 Å². The number of ether oxygens (including phenoxy) is 2. The Morgan fingerprint density at radius 3 is 2.76 bits per heavy atom. The van der Waals surface area contributed by atoms with Crippen LogP contribution in [0.3, 0.4) is 0 Å². The van der Waals surface area contributed by atoms with Crippen molar-refractivity contribution < 1.29 is 14.4 Å². The second-order valence-corrected chi connectivity index (χ2v) is 5.05. The van der Waals surface area contributed by atoms with E-state index in [2.05, 4.69) is 24.1 Å². The number of hydrogen-bond donors (Lipinski definition) is 1. The minimum atomic E-state index is -0.457. The molecule has 0 aromatic carbocycles. The molecular weight excluding hydrogens is 274 g/mol. The van der Waals surface area contributed by atoms with Gasteiger partial charge in [0, 0.05) is 13.2 Å². The third-order valence-electron chi connectivity index (χ3n) is 2.48. The molecule has 1 N–H and O–H groups in total. The Labute approximate surface area is 124 Å². The van der Waals surface area contributed by atoms with Crippen LogP contribution in [-0.2, 0) is 4.74 Å². The summed E-state index contributed by atoms with van der Waals surface area (Å²) in [5.41, 5.74) is -0.0401. The van der Waals surface area contributed by atoms with Crippen molar-refractivity contribution in [1.29, 1.82) is 0 Å². The summed E-state index contributed by atoms with van der Waals surface area (Å²) in [6, 6.07) is 2.72. The summed E-state index contributed by atoms with van der Waals surface area (Å²) in [6.45, 7) is 8.24. The van der Waals surface area contributed by atoms with Gasteiger partial charge in [-0.2, -0.15) is 4.98 Å². The Hall–Kier alpha value is -1.89. The number of nitrogens with zero attached hydrogens (tertiary/aromatic N) is 2. The SMILES string of the molecule is CCCNc1cc([N+](=O)[O-])cc(OCCOCC(C)C)n1. The molecule has 0 aliphatic heterocycles. The highest BCUT2D eigenvalue weighted by atomic mass is 16.6. The zero-order valence-electron chi connectivity index (χ0n) is 12.8. The Bertz CT molecular complexity index is 452. The third kappa shape index (κ3) is 6.89. The van der Waals surface area contributed by atoms with Crippen molar-refractivity contribution in [1.82, 2.24) is 4.98 Å². The molecule has 118 valence electrons. The molecule has 0 radical (unpaired) electrons. The second kappa shape index (κ2) is 9.12. The van der Waals surface area contributed by atoms with Crippen LogP contribution >= 0.6 is 0 Å². The van der Waals surface area contributed by atoms with Crippen LogP contribution in [-0.4, -0.2) is 36.3 Å². The lowest BCUT2D eigenvalue weighted by Gasteiger charge is -2.10. The molecule has 0 amide bonds. The summed E-state index contributed by atoms with van der Waals surface area (Å²) < 4.78 is 10.8. The predicted molar refractivity (Wildman–Crippen MR) is 80.8 cm³/mol. The molecule has 0 aliphatic rings.